The van der Waals surface area contributed by atoms with Crippen LogP contribution in [0.5, 0.6) is 0 Å². The SMILES string of the molecule is Cc1occc1C(=O)NNC(=S)NCC[NH+](C)C. The number of amides is 1. The number of nitrogens with one attached hydrogen (secondary N) is 4. The third-order valence-corrected chi connectivity index (χ3v) is 2.55. The van der Waals surface area contributed by atoms with Crippen molar-refractivity contribution >= 4 is 23.2 Å². The van der Waals surface area contributed by atoms with Gasteiger partial charge >= 0.3 is 0 Å². The largest absolute Gasteiger partial charge is 0.469 e. The van der Waals surface area contributed by atoms with Gasteiger partial charge < -0.3 is 14.6 Å². The van der Waals surface area contributed by atoms with Crippen LogP contribution >= 0.6 is 12.2 Å². The van der Waals surface area contributed by atoms with Gasteiger partial charge in [-0.15, -0.1) is 0 Å². The zero-order valence-corrected chi connectivity index (χ0v) is 11.6. The summed E-state index contributed by atoms with van der Waals surface area (Å²) in [5.41, 5.74) is 5.63. The molecule has 0 aliphatic rings. The van der Waals surface area contributed by atoms with Gasteiger partial charge in [-0.25, -0.2) is 0 Å². The molecule has 100 valence electrons. The molecule has 4 N–H and O–H groups in total. The molecule has 0 spiro atoms. The maximum Gasteiger partial charge on any atom is 0.273 e. The van der Waals surface area contributed by atoms with Crippen LogP contribution in [0.1, 0.15) is 16.1 Å². The van der Waals surface area contributed by atoms with Gasteiger partial charge in [0.1, 0.15) is 5.76 Å². The van der Waals surface area contributed by atoms with Crippen LogP contribution in [-0.2, 0) is 0 Å². The molecule has 0 saturated heterocycles. The maximum absolute atomic E-state index is 11.7. The van der Waals surface area contributed by atoms with E-state index in [4.69, 9.17) is 16.6 Å². The quantitative estimate of drug-likeness (QED) is 0.411. The average Bonchev–Trinajstić information content (AvgIpc) is 2.72. The van der Waals surface area contributed by atoms with Gasteiger partial charge in [-0.05, 0) is 25.2 Å². The van der Waals surface area contributed by atoms with Crippen LogP contribution in [-0.4, -0.2) is 38.2 Å². The molecule has 6 nitrogen and oxygen atoms in total. The number of quaternary nitrogens is 1. The van der Waals surface area contributed by atoms with Crippen LogP contribution in [0, 0.1) is 6.92 Å². The standard InChI is InChI=1S/C11H18N4O2S/c1-8-9(4-7-17-8)10(16)13-14-11(18)12-5-6-15(2)3/h4,7H,5-6H2,1-3H3,(H,13,16)(H2,12,14,18)/p+1. The lowest BCUT2D eigenvalue weighted by molar-refractivity contribution is -0.856. The van der Waals surface area contributed by atoms with E-state index >= 15 is 0 Å². The summed E-state index contributed by atoms with van der Waals surface area (Å²) in [6, 6.07) is 1.61. The summed E-state index contributed by atoms with van der Waals surface area (Å²) < 4.78 is 5.04. The Morgan fingerprint density at radius 3 is 2.72 bits per heavy atom. The van der Waals surface area contributed by atoms with E-state index in [9.17, 15) is 4.79 Å². The maximum atomic E-state index is 11.7. The Balaban J connectivity index is 2.26. The Morgan fingerprint density at radius 1 is 1.44 bits per heavy atom. The summed E-state index contributed by atoms with van der Waals surface area (Å²) in [5.74, 6) is 0.299. The molecule has 1 rings (SSSR count). The monoisotopic (exact) mass is 271 g/mol. The molecule has 7 heteroatoms. The summed E-state index contributed by atoms with van der Waals surface area (Å²) in [7, 11) is 4.11. The van der Waals surface area contributed by atoms with Crippen molar-refractivity contribution in [2.45, 2.75) is 6.92 Å². The van der Waals surface area contributed by atoms with Crippen LogP contribution < -0.4 is 21.1 Å². The molecule has 1 heterocycles. The first-order valence-corrected chi connectivity index (χ1v) is 6.09. The summed E-state index contributed by atoms with van der Waals surface area (Å²) in [6.45, 7) is 3.41. The minimum absolute atomic E-state index is 0.274. The number of carbonyl (C=O) groups is 1. The fraction of sp³-hybridized carbons (Fsp3) is 0.455. The predicted molar refractivity (Wildman–Crippen MR) is 72.3 cm³/mol. The van der Waals surface area contributed by atoms with Crippen LogP contribution in [0.15, 0.2) is 16.7 Å². The van der Waals surface area contributed by atoms with E-state index in [-0.39, 0.29) is 5.91 Å². The zero-order chi connectivity index (χ0) is 13.5. The van der Waals surface area contributed by atoms with Gasteiger partial charge in [0.15, 0.2) is 5.11 Å². The lowest BCUT2D eigenvalue weighted by Crippen LogP contribution is -3.06. The number of likely N-dealkylation sites (N-methyl/N-ethyl adjacent to an activating group) is 1. The minimum Gasteiger partial charge on any atom is -0.469 e. The second kappa shape index (κ2) is 6.97. The summed E-state index contributed by atoms with van der Waals surface area (Å²) in [4.78, 5) is 13.0. The summed E-state index contributed by atoms with van der Waals surface area (Å²) in [6.07, 6.45) is 1.47. The van der Waals surface area contributed by atoms with Crippen molar-refractivity contribution in [3.8, 4) is 0 Å². The van der Waals surface area contributed by atoms with E-state index in [2.05, 4.69) is 30.3 Å². The molecular weight excluding hydrogens is 252 g/mol. The highest BCUT2D eigenvalue weighted by atomic mass is 32.1. The Hall–Kier alpha value is -1.60. The highest BCUT2D eigenvalue weighted by Gasteiger charge is 2.10. The highest BCUT2D eigenvalue weighted by Crippen LogP contribution is 2.07. The predicted octanol–water partition coefficient (Wildman–Crippen LogP) is -1.16. The van der Waals surface area contributed by atoms with Crippen LogP contribution in [0.25, 0.3) is 0 Å². The number of carbonyl (C=O) groups excluding carboxylic acids is 1. The fourth-order valence-electron chi connectivity index (χ4n) is 1.27. The average molecular weight is 271 g/mol. The van der Waals surface area contributed by atoms with Crippen molar-refractivity contribution < 1.29 is 14.1 Å². The molecule has 0 aliphatic carbocycles. The first kappa shape index (κ1) is 14.5. The highest BCUT2D eigenvalue weighted by molar-refractivity contribution is 7.80. The van der Waals surface area contributed by atoms with Crippen molar-refractivity contribution in [3.05, 3.63) is 23.7 Å². The van der Waals surface area contributed by atoms with Gasteiger partial charge in [0.25, 0.3) is 5.91 Å². The van der Waals surface area contributed by atoms with Crippen molar-refractivity contribution in [2.24, 2.45) is 0 Å². The number of furan rings is 1. The minimum atomic E-state index is -0.274. The Morgan fingerprint density at radius 2 is 2.17 bits per heavy atom. The first-order valence-electron chi connectivity index (χ1n) is 5.68. The lowest BCUT2D eigenvalue weighted by Gasteiger charge is -2.12. The van der Waals surface area contributed by atoms with Gasteiger partial charge in [-0.2, -0.15) is 0 Å². The van der Waals surface area contributed by atoms with E-state index in [0.717, 1.165) is 13.1 Å². The Bertz CT molecular complexity index is 417. The molecule has 0 aliphatic heterocycles. The van der Waals surface area contributed by atoms with Gasteiger partial charge in [-0.3, -0.25) is 15.6 Å². The molecule has 0 atom stereocenters. The second-order valence-electron chi connectivity index (χ2n) is 4.18. The molecule has 1 aromatic heterocycles. The molecule has 0 aromatic carbocycles. The molecule has 0 saturated carbocycles. The zero-order valence-electron chi connectivity index (χ0n) is 10.8. The molecular formula is C11H19N4O2S+. The van der Waals surface area contributed by atoms with E-state index in [1.54, 1.807) is 13.0 Å². The molecule has 0 bridgehead atoms. The van der Waals surface area contributed by atoms with Gasteiger partial charge in [0, 0.05) is 0 Å². The van der Waals surface area contributed by atoms with Crippen molar-refractivity contribution in [2.75, 3.05) is 27.2 Å². The number of aryl methyl sites for hydroxylation is 1. The third-order valence-electron chi connectivity index (χ3n) is 2.30. The molecule has 18 heavy (non-hydrogen) atoms. The molecule has 0 fully saturated rings. The van der Waals surface area contributed by atoms with Gasteiger partial charge in [0.05, 0.1) is 39.0 Å². The number of rotatable bonds is 4. The number of hydrazine groups is 1. The van der Waals surface area contributed by atoms with Crippen molar-refractivity contribution in [1.82, 2.24) is 16.2 Å². The summed E-state index contributed by atoms with van der Waals surface area (Å²) >= 11 is 5.02. The summed E-state index contributed by atoms with van der Waals surface area (Å²) in [5, 5.41) is 3.38. The van der Waals surface area contributed by atoms with Crippen LogP contribution in [0.2, 0.25) is 0 Å². The van der Waals surface area contributed by atoms with Gasteiger partial charge in [-0.1, -0.05) is 0 Å². The van der Waals surface area contributed by atoms with E-state index in [1.165, 1.54) is 11.2 Å². The lowest BCUT2D eigenvalue weighted by atomic mass is 10.2. The normalized spacial score (nSPS) is 10.2. The molecule has 1 amide bonds. The molecule has 1 aromatic rings. The van der Waals surface area contributed by atoms with Crippen LogP contribution in [0.4, 0.5) is 0 Å². The van der Waals surface area contributed by atoms with Gasteiger partial charge in [0.2, 0.25) is 0 Å². The third kappa shape index (κ3) is 4.72. The fourth-order valence-corrected chi connectivity index (χ4v) is 1.42. The number of hydrogen-bond acceptors (Lipinski definition) is 3. The molecule has 0 radical (unpaired) electrons. The second-order valence-corrected chi connectivity index (χ2v) is 4.59. The van der Waals surface area contributed by atoms with E-state index in [1.807, 2.05) is 0 Å². The Kier molecular flexibility index (Phi) is 5.60. The van der Waals surface area contributed by atoms with Crippen molar-refractivity contribution in [3.63, 3.8) is 0 Å². The number of hydrogen-bond donors (Lipinski definition) is 4. The smallest absolute Gasteiger partial charge is 0.273 e. The topological polar surface area (TPSA) is 70.7 Å². The van der Waals surface area contributed by atoms with E-state index in [0.29, 0.717) is 16.4 Å². The van der Waals surface area contributed by atoms with Crippen LogP contribution in [0.3, 0.4) is 0 Å². The van der Waals surface area contributed by atoms with E-state index < -0.39 is 0 Å². The Labute approximate surface area is 112 Å². The molecule has 0 unspecified atom stereocenters. The number of thiocarbonyl (C=S) groups is 1. The first-order chi connectivity index (χ1) is 8.50. The van der Waals surface area contributed by atoms with Crippen molar-refractivity contribution in [1.29, 1.82) is 0 Å².